The Balaban J connectivity index is 2.14. The van der Waals surface area contributed by atoms with Gasteiger partial charge in [-0.3, -0.25) is 0 Å². The summed E-state index contributed by atoms with van der Waals surface area (Å²) in [5.41, 5.74) is 2.15. The van der Waals surface area contributed by atoms with Crippen LogP contribution in [0.15, 0.2) is 35.7 Å². The van der Waals surface area contributed by atoms with Crippen molar-refractivity contribution in [1.82, 2.24) is 0 Å². The van der Waals surface area contributed by atoms with Crippen molar-refractivity contribution in [2.24, 2.45) is 0 Å². The number of rotatable bonds is 3. The maximum atomic E-state index is 13.0. The fourth-order valence-electron chi connectivity index (χ4n) is 1.67. The average molecular weight is 255 g/mol. The second-order valence-electron chi connectivity index (χ2n) is 3.77. The molecule has 1 heterocycles. The quantitative estimate of drug-likeness (QED) is 0.696. The van der Waals surface area contributed by atoms with Crippen LogP contribution in [0.4, 0.5) is 4.39 Å². The van der Waals surface area contributed by atoms with E-state index in [2.05, 4.69) is 6.07 Å². The first-order chi connectivity index (χ1) is 7.66. The molecule has 0 amide bonds. The minimum atomic E-state index is -0.204. The molecule has 0 bridgehead atoms. The Bertz CT molecular complexity index is 478. The third kappa shape index (κ3) is 2.63. The van der Waals surface area contributed by atoms with Crippen LogP contribution in [0.1, 0.15) is 21.4 Å². The van der Waals surface area contributed by atoms with Crippen molar-refractivity contribution < 1.29 is 4.39 Å². The largest absolute Gasteiger partial charge is 0.207 e. The standard InChI is InChI=1S/C13H12ClFS/c1-9-5-6-16-13(9)12(14)8-10-3-2-4-11(15)7-10/h2-7,12H,8H2,1H3. The van der Waals surface area contributed by atoms with Gasteiger partial charge in [-0.1, -0.05) is 12.1 Å². The highest BCUT2D eigenvalue weighted by Gasteiger charge is 2.12. The SMILES string of the molecule is Cc1ccsc1C(Cl)Cc1cccc(F)c1. The van der Waals surface area contributed by atoms with Crippen molar-refractivity contribution in [3.05, 3.63) is 57.5 Å². The minimum Gasteiger partial charge on any atom is -0.207 e. The van der Waals surface area contributed by atoms with Crippen LogP contribution in [0, 0.1) is 12.7 Å². The molecule has 0 aliphatic heterocycles. The molecule has 0 aliphatic carbocycles. The zero-order valence-corrected chi connectivity index (χ0v) is 10.5. The fraction of sp³-hybridized carbons (Fsp3) is 0.231. The number of thiophene rings is 1. The normalized spacial score (nSPS) is 12.7. The lowest BCUT2D eigenvalue weighted by molar-refractivity contribution is 0.625. The van der Waals surface area contributed by atoms with E-state index >= 15 is 0 Å². The summed E-state index contributed by atoms with van der Waals surface area (Å²) in [6.07, 6.45) is 0.667. The van der Waals surface area contributed by atoms with E-state index in [1.54, 1.807) is 23.5 Å². The number of alkyl halides is 1. The third-order valence-corrected chi connectivity index (χ3v) is 4.12. The Labute approximate surface area is 104 Å². The Hall–Kier alpha value is -0.860. The molecule has 0 fully saturated rings. The summed E-state index contributed by atoms with van der Waals surface area (Å²) in [4.78, 5) is 1.17. The molecule has 1 unspecified atom stereocenters. The Morgan fingerprint density at radius 2 is 2.19 bits per heavy atom. The highest BCUT2D eigenvalue weighted by Crippen LogP contribution is 2.31. The van der Waals surface area contributed by atoms with Crippen LogP contribution < -0.4 is 0 Å². The summed E-state index contributed by atoms with van der Waals surface area (Å²) >= 11 is 7.98. The predicted octanol–water partition coefficient (Wildman–Crippen LogP) is 4.72. The van der Waals surface area contributed by atoms with E-state index in [-0.39, 0.29) is 11.2 Å². The smallest absolute Gasteiger partial charge is 0.123 e. The molecule has 0 N–H and O–H groups in total. The lowest BCUT2D eigenvalue weighted by Crippen LogP contribution is -1.95. The molecule has 2 aromatic rings. The van der Waals surface area contributed by atoms with Gasteiger partial charge in [0.2, 0.25) is 0 Å². The Morgan fingerprint density at radius 1 is 1.38 bits per heavy atom. The summed E-state index contributed by atoms with van der Waals surface area (Å²) in [6, 6.07) is 8.67. The van der Waals surface area contributed by atoms with Gasteiger partial charge in [0.1, 0.15) is 5.82 Å². The summed E-state index contributed by atoms with van der Waals surface area (Å²) in [6.45, 7) is 2.05. The van der Waals surface area contributed by atoms with Gasteiger partial charge in [0.05, 0.1) is 5.38 Å². The van der Waals surface area contributed by atoms with Crippen LogP contribution in [0.2, 0.25) is 0 Å². The molecule has 0 radical (unpaired) electrons. The van der Waals surface area contributed by atoms with Gasteiger partial charge in [0.25, 0.3) is 0 Å². The topological polar surface area (TPSA) is 0 Å². The van der Waals surface area contributed by atoms with E-state index in [0.717, 1.165) is 5.56 Å². The molecular weight excluding hydrogens is 243 g/mol. The van der Waals surface area contributed by atoms with Crippen LogP contribution in [0.25, 0.3) is 0 Å². The average Bonchev–Trinajstić information content (AvgIpc) is 2.64. The fourth-order valence-corrected chi connectivity index (χ4v) is 3.08. The van der Waals surface area contributed by atoms with Gasteiger partial charge in [-0.15, -0.1) is 22.9 Å². The minimum absolute atomic E-state index is 0.0678. The molecule has 3 heteroatoms. The number of halogens is 2. The number of aryl methyl sites for hydroxylation is 1. The molecule has 0 saturated heterocycles. The maximum Gasteiger partial charge on any atom is 0.123 e. The van der Waals surface area contributed by atoms with Crippen LogP contribution in [-0.4, -0.2) is 0 Å². The van der Waals surface area contributed by atoms with Crippen molar-refractivity contribution in [2.75, 3.05) is 0 Å². The zero-order chi connectivity index (χ0) is 11.5. The summed E-state index contributed by atoms with van der Waals surface area (Å²) < 4.78 is 13.0. The van der Waals surface area contributed by atoms with Crippen molar-refractivity contribution in [3.63, 3.8) is 0 Å². The van der Waals surface area contributed by atoms with Gasteiger partial charge in [0, 0.05) is 4.88 Å². The second-order valence-corrected chi connectivity index (χ2v) is 5.24. The Kier molecular flexibility index (Phi) is 3.62. The molecule has 84 valence electrons. The van der Waals surface area contributed by atoms with Crippen LogP contribution in [-0.2, 0) is 6.42 Å². The first-order valence-corrected chi connectivity index (χ1v) is 6.41. The van der Waals surface area contributed by atoms with Gasteiger partial charge >= 0.3 is 0 Å². The molecule has 1 atom stereocenters. The van der Waals surface area contributed by atoms with Gasteiger partial charge in [-0.25, -0.2) is 4.39 Å². The van der Waals surface area contributed by atoms with Gasteiger partial charge in [-0.05, 0) is 48.1 Å². The van der Waals surface area contributed by atoms with Crippen molar-refractivity contribution in [3.8, 4) is 0 Å². The number of hydrogen-bond acceptors (Lipinski definition) is 1. The van der Waals surface area contributed by atoms with Crippen LogP contribution >= 0.6 is 22.9 Å². The highest BCUT2D eigenvalue weighted by molar-refractivity contribution is 7.10. The molecule has 1 aromatic carbocycles. The van der Waals surface area contributed by atoms with Gasteiger partial charge in [-0.2, -0.15) is 0 Å². The lowest BCUT2D eigenvalue weighted by Gasteiger charge is -2.09. The van der Waals surface area contributed by atoms with Crippen molar-refractivity contribution in [1.29, 1.82) is 0 Å². The molecule has 0 spiro atoms. The van der Waals surface area contributed by atoms with E-state index in [4.69, 9.17) is 11.6 Å². The van der Waals surface area contributed by atoms with Crippen LogP contribution in [0.3, 0.4) is 0 Å². The van der Waals surface area contributed by atoms with Crippen molar-refractivity contribution in [2.45, 2.75) is 18.7 Å². The summed E-state index contributed by atoms with van der Waals surface area (Å²) in [5, 5.41) is 1.97. The van der Waals surface area contributed by atoms with Gasteiger partial charge < -0.3 is 0 Å². The van der Waals surface area contributed by atoms with Crippen molar-refractivity contribution >= 4 is 22.9 Å². The van der Waals surface area contributed by atoms with Crippen LogP contribution in [0.5, 0.6) is 0 Å². The lowest BCUT2D eigenvalue weighted by atomic mass is 10.1. The monoisotopic (exact) mass is 254 g/mol. The first-order valence-electron chi connectivity index (χ1n) is 5.09. The number of hydrogen-bond donors (Lipinski definition) is 0. The molecule has 0 saturated carbocycles. The summed E-state index contributed by atoms with van der Waals surface area (Å²) in [5.74, 6) is -0.204. The molecular formula is C13H12ClFS. The van der Waals surface area contributed by atoms with E-state index in [1.165, 1.54) is 16.5 Å². The maximum absolute atomic E-state index is 13.0. The summed E-state index contributed by atoms with van der Waals surface area (Å²) in [7, 11) is 0. The first kappa shape index (κ1) is 11.6. The van der Waals surface area contributed by atoms with E-state index < -0.39 is 0 Å². The predicted molar refractivity (Wildman–Crippen MR) is 67.8 cm³/mol. The molecule has 0 aliphatic rings. The highest BCUT2D eigenvalue weighted by atomic mass is 35.5. The number of benzene rings is 1. The van der Waals surface area contributed by atoms with E-state index in [9.17, 15) is 4.39 Å². The zero-order valence-electron chi connectivity index (χ0n) is 8.91. The van der Waals surface area contributed by atoms with E-state index in [1.807, 2.05) is 18.4 Å². The Morgan fingerprint density at radius 3 is 2.81 bits per heavy atom. The van der Waals surface area contributed by atoms with Gasteiger partial charge in [0.15, 0.2) is 0 Å². The van der Waals surface area contributed by atoms with E-state index in [0.29, 0.717) is 6.42 Å². The molecule has 2 rings (SSSR count). The second kappa shape index (κ2) is 4.98. The molecule has 1 aromatic heterocycles. The molecule has 16 heavy (non-hydrogen) atoms. The third-order valence-electron chi connectivity index (χ3n) is 2.49. The molecule has 0 nitrogen and oxygen atoms in total.